The average Bonchev–Trinajstić information content (AvgIpc) is 2.24. The van der Waals surface area contributed by atoms with E-state index in [1.54, 1.807) is 7.05 Å². The molecule has 16 heavy (non-hydrogen) atoms. The normalized spacial score (nSPS) is 11.3. The Morgan fingerprint density at radius 2 is 2.25 bits per heavy atom. The number of urea groups is 1. The average molecular weight is 228 g/mol. The maximum Gasteiger partial charge on any atom is 0.327 e. The number of rotatable bonds is 6. The summed E-state index contributed by atoms with van der Waals surface area (Å²) in [5.41, 5.74) is 0. The highest BCUT2D eigenvalue weighted by molar-refractivity contribution is 5.82. The van der Waals surface area contributed by atoms with E-state index in [4.69, 9.17) is 16.3 Å². The van der Waals surface area contributed by atoms with Crippen LogP contribution in [0.4, 0.5) is 4.79 Å². The van der Waals surface area contributed by atoms with Crippen LogP contribution in [0.15, 0.2) is 0 Å². The minimum absolute atomic E-state index is 0.0425. The fourth-order valence-electron chi connectivity index (χ4n) is 0.907. The molecule has 90 valence electrons. The molecule has 0 spiro atoms. The minimum atomic E-state index is -1.15. The van der Waals surface area contributed by atoms with Crippen LogP contribution in [0.5, 0.6) is 0 Å². The number of carbonyl (C=O) groups excluding carboxylic acids is 1. The molecule has 0 heterocycles. The van der Waals surface area contributed by atoms with Gasteiger partial charge in [-0.2, -0.15) is 0 Å². The number of methoxy groups -OCH3 is 1. The van der Waals surface area contributed by atoms with Gasteiger partial charge in [-0.1, -0.05) is 0 Å². The van der Waals surface area contributed by atoms with Gasteiger partial charge in [-0.05, 0) is 0 Å². The van der Waals surface area contributed by atoms with Crippen molar-refractivity contribution in [3.05, 3.63) is 0 Å². The first-order valence-electron chi connectivity index (χ1n) is 4.69. The number of nitrogens with one attached hydrogen (secondary N) is 1. The van der Waals surface area contributed by atoms with Gasteiger partial charge in [-0.15, -0.1) is 12.3 Å². The molecule has 0 aromatic heterocycles. The van der Waals surface area contributed by atoms with E-state index >= 15 is 0 Å². The highest BCUT2D eigenvalue weighted by Gasteiger charge is 2.20. The third kappa shape index (κ3) is 5.22. The zero-order chi connectivity index (χ0) is 12.6. The van der Waals surface area contributed by atoms with Gasteiger partial charge in [-0.25, -0.2) is 9.59 Å². The van der Waals surface area contributed by atoms with E-state index in [0.717, 1.165) is 0 Å². The van der Waals surface area contributed by atoms with E-state index in [-0.39, 0.29) is 6.42 Å². The highest BCUT2D eigenvalue weighted by atomic mass is 16.5. The summed E-state index contributed by atoms with van der Waals surface area (Å²) in [7, 11) is 3.06. The summed E-state index contributed by atoms with van der Waals surface area (Å²) in [6.45, 7) is 0.765. The lowest BCUT2D eigenvalue weighted by molar-refractivity contribution is -0.139. The molecule has 0 saturated heterocycles. The SMILES string of the molecule is C#CCC(NC(=O)N(C)CCOC)C(=O)O. The minimum Gasteiger partial charge on any atom is -0.480 e. The number of hydrogen-bond acceptors (Lipinski definition) is 3. The number of aliphatic carboxylic acids is 1. The molecular weight excluding hydrogens is 212 g/mol. The topological polar surface area (TPSA) is 78.9 Å². The maximum atomic E-state index is 11.5. The van der Waals surface area contributed by atoms with Gasteiger partial charge in [0.05, 0.1) is 6.61 Å². The number of carboxylic acids is 1. The van der Waals surface area contributed by atoms with Crippen molar-refractivity contribution < 1.29 is 19.4 Å². The predicted octanol–water partition coefficient (Wildman–Crippen LogP) is -0.249. The van der Waals surface area contributed by atoms with Gasteiger partial charge in [0.2, 0.25) is 0 Å². The van der Waals surface area contributed by atoms with E-state index in [1.165, 1.54) is 12.0 Å². The summed E-state index contributed by atoms with van der Waals surface area (Å²) in [4.78, 5) is 23.5. The Kier molecular flexibility index (Phi) is 6.72. The number of nitrogens with zero attached hydrogens (tertiary/aromatic N) is 1. The van der Waals surface area contributed by atoms with Crippen LogP contribution in [0.25, 0.3) is 0 Å². The number of terminal acetylenes is 1. The molecule has 6 nitrogen and oxygen atoms in total. The summed E-state index contributed by atoms with van der Waals surface area (Å²) in [6, 6.07) is -1.54. The van der Waals surface area contributed by atoms with E-state index < -0.39 is 18.0 Å². The molecule has 1 unspecified atom stereocenters. The first-order chi connectivity index (χ1) is 7.52. The van der Waals surface area contributed by atoms with Crippen LogP contribution in [-0.4, -0.2) is 55.4 Å². The van der Waals surface area contributed by atoms with Crippen molar-refractivity contribution in [3.8, 4) is 12.3 Å². The molecule has 0 bridgehead atoms. The Morgan fingerprint density at radius 3 is 2.69 bits per heavy atom. The molecule has 1 atom stereocenters. The van der Waals surface area contributed by atoms with Crippen molar-refractivity contribution >= 4 is 12.0 Å². The van der Waals surface area contributed by atoms with Crippen molar-refractivity contribution in [1.82, 2.24) is 10.2 Å². The maximum absolute atomic E-state index is 11.5. The number of ether oxygens (including phenoxy) is 1. The van der Waals surface area contributed by atoms with Gasteiger partial charge in [-0.3, -0.25) is 0 Å². The summed E-state index contributed by atoms with van der Waals surface area (Å²) >= 11 is 0. The first-order valence-corrected chi connectivity index (χ1v) is 4.69. The fourth-order valence-corrected chi connectivity index (χ4v) is 0.907. The molecule has 0 radical (unpaired) electrons. The summed E-state index contributed by atoms with van der Waals surface area (Å²) < 4.78 is 4.79. The standard InChI is InChI=1S/C10H16N2O4/c1-4-5-8(9(13)14)11-10(15)12(2)6-7-16-3/h1,8H,5-7H2,2-3H3,(H,11,15)(H,13,14). The summed E-state index contributed by atoms with van der Waals surface area (Å²) in [5, 5.41) is 11.1. The van der Waals surface area contributed by atoms with Gasteiger partial charge in [0.1, 0.15) is 6.04 Å². The van der Waals surface area contributed by atoms with Crippen LogP contribution in [0.2, 0.25) is 0 Å². The molecule has 0 aromatic rings. The lowest BCUT2D eigenvalue weighted by atomic mass is 10.2. The first kappa shape index (κ1) is 14.3. The van der Waals surface area contributed by atoms with Gasteiger partial charge in [0.25, 0.3) is 0 Å². The molecule has 2 N–H and O–H groups in total. The largest absolute Gasteiger partial charge is 0.480 e. The van der Waals surface area contributed by atoms with Gasteiger partial charge >= 0.3 is 12.0 Å². The smallest absolute Gasteiger partial charge is 0.327 e. The van der Waals surface area contributed by atoms with Crippen LogP contribution < -0.4 is 5.32 Å². The molecule has 0 aromatic carbocycles. The number of hydrogen-bond donors (Lipinski definition) is 2. The molecule has 0 aliphatic carbocycles. The van der Waals surface area contributed by atoms with Gasteiger partial charge < -0.3 is 20.1 Å². The van der Waals surface area contributed by atoms with E-state index in [0.29, 0.717) is 13.2 Å². The monoisotopic (exact) mass is 228 g/mol. The third-order valence-corrected chi connectivity index (χ3v) is 1.90. The summed E-state index contributed by atoms with van der Waals surface area (Å²) in [6.07, 6.45) is 4.96. The lowest BCUT2D eigenvalue weighted by Gasteiger charge is -2.20. The van der Waals surface area contributed by atoms with Crippen molar-refractivity contribution in [1.29, 1.82) is 0 Å². The van der Waals surface area contributed by atoms with E-state index in [1.807, 2.05) is 0 Å². The lowest BCUT2D eigenvalue weighted by Crippen LogP contribution is -2.47. The van der Waals surface area contributed by atoms with Crippen molar-refractivity contribution in [3.63, 3.8) is 0 Å². The zero-order valence-electron chi connectivity index (χ0n) is 9.40. The third-order valence-electron chi connectivity index (χ3n) is 1.90. The predicted molar refractivity (Wildman–Crippen MR) is 57.9 cm³/mol. The quantitative estimate of drug-likeness (QED) is 0.614. The highest BCUT2D eigenvalue weighted by Crippen LogP contribution is 1.93. The Balaban J connectivity index is 4.18. The Labute approximate surface area is 94.6 Å². The second kappa shape index (κ2) is 7.54. The number of likely N-dealkylation sites (N-methyl/N-ethyl adjacent to an activating group) is 1. The Bertz CT molecular complexity index is 285. The molecule has 6 heteroatoms. The number of carbonyl (C=O) groups is 2. The molecule has 0 fully saturated rings. The van der Waals surface area contributed by atoms with Crippen LogP contribution >= 0.6 is 0 Å². The van der Waals surface area contributed by atoms with Crippen molar-refractivity contribution in [2.45, 2.75) is 12.5 Å². The fraction of sp³-hybridized carbons (Fsp3) is 0.600. The van der Waals surface area contributed by atoms with Crippen LogP contribution in [0.3, 0.4) is 0 Å². The molecule has 0 aliphatic heterocycles. The van der Waals surface area contributed by atoms with Crippen molar-refractivity contribution in [2.75, 3.05) is 27.3 Å². The van der Waals surface area contributed by atoms with Crippen LogP contribution in [-0.2, 0) is 9.53 Å². The molecule has 0 rings (SSSR count). The number of carboxylic acid groups (broad SMARTS) is 1. The number of amides is 2. The Hall–Kier alpha value is -1.74. The molecular formula is C10H16N2O4. The molecule has 0 saturated carbocycles. The second-order valence-electron chi connectivity index (χ2n) is 3.16. The molecule has 2 amide bonds. The van der Waals surface area contributed by atoms with Gasteiger partial charge in [0, 0.05) is 27.1 Å². The zero-order valence-corrected chi connectivity index (χ0v) is 9.40. The van der Waals surface area contributed by atoms with Crippen LogP contribution in [0, 0.1) is 12.3 Å². The summed E-state index contributed by atoms with van der Waals surface area (Å²) in [5.74, 6) is 1.05. The van der Waals surface area contributed by atoms with Gasteiger partial charge in [0.15, 0.2) is 0 Å². The van der Waals surface area contributed by atoms with Crippen LogP contribution in [0.1, 0.15) is 6.42 Å². The van der Waals surface area contributed by atoms with E-state index in [9.17, 15) is 9.59 Å². The second-order valence-corrected chi connectivity index (χ2v) is 3.16. The Morgan fingerprint density at radius 1 is 1.62 bits per heavy atom. The molecule has 0 aliphatic rings. The van der Waals surface area contributed by atoms with Crippen molar-refractivity contribution in [2.24, 2.45) is 0 Å². The van der Waals surface area contributed by atoms with E-state index in [2.05, 4.69) is 11.2 Å².